The van der Waals surface area contributed by atoms with E-state index < -0.39 is 0 Å². The van der Waals surface area contributed by atoms with Crippen LogP contribution in [-0.4, -0.2) is 36.1 Å². The van der Waals surface area contributed by atoms with Gasteiger partial charge < -0.3 is 9.64 Å². The van der Waals surface area contributed by atoms with Crippen molar-refractivity contribution in [2.75, 3.05) is 13.7 Å². The van der Waals surface area contributed by atoms with Crippen LogP contribution in [0.4, 0.5) is 0 Å². The summed E-state index contributed by atoms with van der Waals surface area (Å²) in [5, 5.41) is 3.60. The van der Waals surface area contributed by atoms with Crippen LogP contribution in [0.15, 0.2) is 12.1 Å². The lowest BCUT2D eigenvalue weighted by Crippen LogP contribution is -2.42. The van der Waals surface area contributed by atoms with Gasteiger partial charge in [0.2, 0.25) is 5.91 Å². The number of carbonyl (C=O) groups is 1. The maximum absolute atomic E-state index is 12.9. The van der Waals surface area contributed by atoms with E-state index in [-0.39, 0.29) is 23.7 Å². The highest BCUT2D eigenvalue weighted by atomic mass is 32.1. The highest BCUT2D eigenvalue weighted by molar-refractivity contribution is 7.12. The average molecular weight is 308 g/mol. The number of methoxy groups -OCH3 is 1. The topological polar surface area (TPSA) is 41.6 Å². The maximum atomic E-state index is 12.9. The van der Waals surface area contributed by atoms with Gasteiger partial charge >= 0.3 is 0 Å². The summed E-state index contributed by atoms with van der Waals surface area (Å²) in [4.78, 5) is 17.5. The molecule has 1 saturated carbocycles. The van der Waals surface area contributed by atoms with Crippen LogP contribution in [0.1, 0.15) is 48.5 Å². The van der Waals surface area contributed by atoms with E-state index in [4.69, 9.17) is 4.74 Å². The number of thiophene rings is 1. The fraction of sp³-hybridized carbons (Fsp3) is 0.688. The monoisotopic (exact) mass is 308 g/mol. The first-order valence-electron chi connectivity index (χ1n) is 7.77. The molecule has 1 amide bonds. The third-order valence-corrected chi connectivity index (χ3v) is 5.54. The number of ether oxygens (including phenoxy) is 1. The average Bonchev–Trinajstić information content (AvgIpc) is 3.02. The fourth-order valence-electron chi connectivity index (χ4n) is 3.25. The van der Waals surface area contributed by atoms with E-state index in [1.165, 1.54) is 9.75 Å². The molecular weight excluding hydrogens is 284 g/mol. The fourth-order valence-corrected chi connectivity index (χ4v) is 4.18. The van der Waals surface area contributed by atoms with E-state index >= 15 is 0 Å². The molecule has 2 atom stereocenters. The van der Waals surface area contributed by atoms with Crippen molar-refractivity contribution in [1.82, 2.24) is 10.2 Å². The summed E-state index contributed by atoms with van der Waals surface area (Å²) in [5.74, 6) is 0.272. The Balaban J connectivity index is 1.90. The zero-order valence-corrected chi connectivity index (χ0v) is 13.8. The molecule has 1 saturated heterocycles. The molecule has 116 valence electrons. The van der Waals surface area contributed by atoms with Gasteiger partial charge in [-0.1, -0.05) is 13.3 Å². The Morgan fingerprint density at radius 1 is 1.52 bits per heavy atom. The minimum absolute atomic E-state index is 0.0189. The Morgan fingerprint density at radius 3 is 2.81 bits per heavy atom. The van der Waals surface area contributed by atoms with E-state index in [0.717, 1.165) is 25.7 Å². The summed E-state index contributed by atoms with van der Waals surface area (Å²) >= 11 is 1.78. The highest BCUT2D eigenvalue weighted by Gasteiger charge is 2.60. The van der Waals surface area contributed by atoms with E-state index in [1.807, 2.05) is 0 Å². The second-order valence-electron chi connectivity index (χ2n) is 6.19. The Bertz CT molecular complexity index is 518. The van der Waals surface area contributed by atoms with Crippen LogP contribution in [0.2, 0.25) is 0 Å². The summed E-state index contributed by atoms with van der Waals surface area (Å²) in [6.45, 7) is 4.88. The van der Waals surface area contributed by atoms with Crippen molar-refractivity contribution < 1.29 is 9.53 Å². The van der Waals surface area contributed by atoms with Crippen molar-refractivity contribution in [2.45, 2.75) is 57.3 Å². The summed E-state index contributed by atoms with van der Waals surface area (Å²) < 4.78 is 5.38. The Kier molecular flexibility index (Phi) is 4.08. The van der Waals surface area contributed by atoms with E-state index in [9.17, 15) is 4.79 Å². The molecule has 0 bridgehead atoms. The predicted molar refractivity (Wildman–Crippen MR) is 84.3 cm³/mol. The normalized spacial score (nSPS) is 24.8. The molecule has 0 aromatic carbocycles. The molecule has 4 nitrogen and oxygen atoms in total. The smallest absolute Gasteiger partial charge is 0.244 e. The lowest BCUT2D eigenvalue weighted by molar-refractivity contribution is -0.134. The van der Waals surface area contributed by atoms with Crippen molar-refractivity contribution in [1.29, 1.82) is 0 Å². The van der Waals surface area contributed by atoms with Gasteiger partial charge in [-0.3, -0.25) is 10.1 Å². The van der Waals surface area contributed by atoms with Crippen LogP contribution in [0, 0.1) is 6.92 Å². The molecule has 1 aromatic rings. The van der Waals surface area contributed by atoms with Crippen LogP contribution in [0.25, 0.3) is 0 Å². The summed E-state index contributed by atoms with van der Waals surface area (Å²) in [6.07, 6.45) is 3.99. The number of hydrogen-bond acceptors (Lipinski definition) is 4. The highest BCUT2D eigenvalue weighted by Crippen LogP contribution is 2.48. The molecule has 3 rings (SSSR count). The quantitative estimate of drug-likeness (QED) is 0.878. The van der Waals surface area contributed by atoms with E-state index in [0.29, 0.717) is 6.61 Å². The first-order valence-corrected chi connectivity index (χ1v) is 8.58. The second-order valence-corrected chi connectivity index (χ2v) is 7.51. The molecule has 1 N–H and O–H groups in total. The third-order valence-electron chi connectivity index (χ3n) is 4.49. The molecule has 5 heteroatoms. The molecule has 21 heavy (non-hydrogen) atoms. The number of hydrogen-bond donors (Lipinski definition) is 1. The van der Waals surface area contributed by atoms with Gasteiger partial charge in [-0.05, 0) is 38.3 Å². The van der Waals surface area contributed by atoms with Gasteiger partial charge in [0.05, 0.1) is 12.6 Å². The third kappa shape index (κ3) is 2.62. The number of nitrogens with zero attached hydrogens (tertiary/aromatic N) is 1. The van der Waals surface area contributed by atoms with Crippen LogP contribution in [0.3, 0.4) is 0 Å². The molecule has 2 fully saturated rings. The number of rotatable bonds is 6. The van der Waals surface area contributed by atoms with E-state index in [2.05, 4.69) is 36.2 Å². The minimum atomic E-state index is -0.276. The van der Waals surface area contributed by atoms with Gasteiger partial charge in [-0.2, -0.15) is 0 Å². The summed E-state index contributed by atoms with van der Waals surface area (Å²) in [7, 11) is 1.72. The van der Waals surface area contributed by atoms with Crippen molar-refractivity contribution in [3.8, 4) is 0 Å². The molecule has 2 heterocycles. The van der Waals surface area contributed by atoms with Crippen molar-refractivity contribution in [2.24, 2.45) is 0 Å². The van der Waals surface area contributed by atoms with E-state index in [1.54, 1.807) is 18.4 Å². The Morgan fingerprint density at radius 2 is 2.29 bits per heavy atom. The Labute approximate surface area is 130 Å². The zero-order chi connectivity index (χ0) is 15.0. The maximum Gasteiger partial charge on any atom is 0.244 e. The van der Waals surface area contributed by atoms with Crippen LogP contribution in [-0.2, 0) is 9.53 Å². The van der Waals surface area contributed by atoms with Gasteiger partial charge in [0, 0.05) is 16.9 Å². The molecule has 0 radical (unpaired) electrons. The standard InChI is InChI=1S/C16H24N2O2S/c1-4-5-12(10-20-3)18-14(13-7-6-11(2)21-13)17-16(8-9-16)15(18)19/h6-7,12,14,17H,4-5,8-10H2,1-3H3. The summed E-state index contributed by atoms with van der Waals surface area (Å²) in [6, 6.07) is 4.44. The van der Waals surface area contributed by atoms with Crippen molar-refractivity contribution in [3.05, 3.63) is 21.9 Å². The molecule has 2 aliphatic rings. The van der Waals surface area contributed by atoms with Gasteiger partial charge in [-0.15, -0.1) is 11.3 Å². The predicted octanol–water partition coefficient (Wildman–Crippen LogP) is 2.83. The SMILES string of the molecule is CCCC(COC)N1C(=O)C2(CC2)NC1c1ccc(C)s1. The lowest BCUT2D eigenvalue weighted by atomic mass is 10.1. The van der Waals surface area contributed by atoms with Gasteiger partial charge in [0.15, 0.2) is 0 Å². The molecule has 2 unspecified atom stereocenters. The molecule has 1 aliphatic heterocycles. The van der Waals surface area contributed by atoms with Gasteiger partial charge in [0.1, 0.15) is 11.7 Å². The van der Waals surface area contributed by atoms with Crippen molar-refractivity contribution >= 4 is 17.2 Å². The van der Waals surface area contributed by atoms with Crippen molar-refractivity contribution in [3.63, 3.8) is 0 Å². The molecule has 1 spiro atoms. The molecular formula is C16H24N2O2S. The molecule has 1 aliphatic carbocycles. The lowest BCUT2D eigenvalue weighted by Gasteiger charge is -2.31. The largest absolute Gasteiger partial charge is 0.383 e. The van der Waals surface area contributed by atoms with Crippen LogP contribution >= 0.6 is 11.3 Å². The minimum Gasteiger partial charge on any atom is -0.383 e. The number of amides is 1. The van der Waals surface area contributed by atoms with Gasteiger partial charge in [0.25, 0.3) is 0 Å². The first-order chi connectivity index (χ1) is 10.1. The number of nitrogens with one attached hydrogen (secondary N) is 1. The number of carbonyl (C=O) groups excluding carboxylic acids is 1. The summed E-state index contributed by atoms with van der Waals surface area (Å²) in [5.41, 5.74) is -0.276. The second kappa shape index (κ2) is 5.71. The van der Waals surface area contributed by atoms with Gasteiger partial charge in [-0.25, -0.2) is 0 Å². The molecule has 1 aromatic heterocycles. The number of aryl methyl sites for hydroxylation is 1. The van der Waals surface area contributed by atoms with Crippen LogP contribution in [0.5, 0.6) is 0 Å². The first kappa shape index (κ1) is 15.0. The zero-order valence-electron chi connectivity index (χ0n) is 13.0. The van der Waals surface area contributed by atoms with Crippen LogP contribution < -0.4 is 5.32 Å². The Hall–Kier alpha value is -0.910.